The van der Waals surface area contributed by atoms with Crippen LogP contribution in [0.15, 0.2) is 46.9 Å². The van der Waals surface area contributed by atoms with Crippen LogP contribution in [0.25, 0.3) is 5.70 Å². The molecule has 4 heteroatoms. The Hall–Kier alpha value is -1.78. The lowest BCUT2D eigenvalue weighted by atomic mass is 10.1. The van der Waals surface area contributed by atoms with Crippen molar-refractivity contribution in [2.45, 2.75) is 13.8 Å². The van der Waals surface area contributed by atoms with E-state index < -0.39 is 0 Å². The molecule has 116 valence electrons. The number of nitrogens with two attached hydrogens (primary N) is 1. The molecule has 0 aliphatic carbocycles. The van der Waals surface area contributed by atoms with E-state index in [0.717, 1.165) is 27.1 Å². The van der Waals surface area contributed by atoms with Gasteiger partial charge in [-0.25, -0.2) is 0 Å². The third-order valence-electron chi connectivity index (χ3n) is 3.36. The molecule has 0 bridgehead atoms. The van der Waals surface area contributed by atoms with E-state index in [4.69, 9.17) is 5.73 Å². The van der Waals surface area contributed by atoms with E-state index in [1.807, 2.05) is 13.1 Å². The molecule has 2 aromatic carbocycles. The second kappa shape index (κ2) is 7.47. The van der Waals surface area contributed by atoms with Crippen LogP contribution >= 0.6 is 15.9 Å². The smallest absolute Gasteiger partial charge is 0.0527 e. The zero-order valence-corrected chi connectivity index (χ0v) is 14.8. The van der Waals surface area contributed by atoms with E-state index in [0.29, 0.717) is 6.54 Å². The van der Waals surface area contributed by atoms with Crippen LogP contribution in [0.2, 0.25) is 0 Å². The maximum Gasteiger partial charge on any atom is 0.0527 e. The predicted octanol–water partition coefficient (Wildman–Crippen LogP) is 4.29. The minimum Gasteiger partial charge on any atom is -0.387 e. The van der Waals surface area contributed by atoms with Gasteiger partial charge in [0.2, 0.25) is 0 Å². The number of rotatable bonds is 5. The molecule has 0 atom stereocenters. The molecule has 0 radical (unpaired) electrons. The SMILES string of the molecule is CN/C(=C(/Br)CN)c1cccc(Nc2cc(C)cc(C)c2)c1. The molecule has 4 N–H and O–H groups in total. The van der Waals surface area contributed by atoms with Crippen molar-refractivity contribution in [3.05, 3.63) is 63.6 Å². The van der Waals surface area contributed by atoms with Crippen molar-refractivity contribution in [1.82, 2.24) is 5.32 Å². The van der Waals surface area contributed by atoms with E-state index in [1.165, 1.54) is 11.1 Å². The summed E-state index contributed by atoms with van der Waals surface area (Å²) in [7, 11) is 1.90. The standard InChI is InChI=1S/C18H22BrN3/c1-12-7-13(2)9-16(8-12)22-15-6-4-5-14(10-15)18(21-3)17(19)11-20/h4-10,21-22H,11,20H2,1-3H3/b18-17+. The first-order valence-corrected chi connectivity index (χ1v) is 8.05. The minimum atomic E-state index is 0.463. The van der Waals surface area contributed by atoms with Gasteiger partial charge in [-0.2, -0.15) is 0 Å². The van der Waals surface area contributed by atoms with Gasteiger partial charge in [0.1, 0.15) is 0 Å². The summed E-state index contributed by atoms with van der Waals surface area (Å²) in [6.45, 7) is 4.68. The fraction of sp³-hybridized carbons (Fsp3) is 0.222. The summed E-state index contributed by atoms with van der Waals surface area (Å²) in [5.74, 6) is 0. The number of anilines is 2. The van der Waals surface area contributed by atoms with Crippen molar-refractivity contribution in [2.75, 3.05) is 18.9 Å². The van der Waals surface area contributed by atoms with E-state index in [9.17, 15) is 0 Å². The minimum absolute atomic E-state index is 0.463. The van der Waals surface area contributed by atoms with Gasteiger partial charge in [-0.05, 0) is 49.2 Å². The van der Waals surface area contributed by atoms with Crippen molar-refractivity contribution in [2.24, 2.45) is 5.73 Å². The second-order valence-electron chi connectivity index (χ2n) is 5.32. The summed E-state index contributed by atoms with van der Waals surface area (Å²) >= 11 is 3.52. The van der Waals surface area contributed by atoms with Crippen molar-refractivity contribution >= 4 is 33.0 Å². The Kier molecular flexibility index (Phi) is 5.63. The number of nitrogens with one attached hydrogen (secondary N) is 2. The Morgan fingerprint density at radius 3 is 2.32 bits per heavy atom. The molecular weight excluding hydrogens is 338 g/mol. The molecule has 3 nitrogen and oxygen atoms in total. The average molecular weight is 360 g/mol. The van der Waals surface area contributed by atoms with Crippen molar-refractivity contribution in [3.63, 3.8) is 0 Å². The predicted molar refractivity (Wildman–Crippen MR) is 99.6 cm³/mol. The molecule has 0 aromatic heterocycles. The summed E-state index contributed by atoms with van der Waals surface area (Å²) in [6.07, 6.45) is 0. The van der Waals surface area contributed by atoms with Crippen LogP contribution in [-0.4, -0.2) is 13.6 Å². The summed E-state index contributed by atoms with van der Waals surface area (Å²) < 4.78 is 0.957. The number of hydrogen-bond acceptors (Lipinski definition) is 3. The summed E-state index contributed by atoms with van der Waals surface area (Å²) in [5, 5.41) is 6.67. The van der Waals surface area contributed by atoms with Crippen molar-refractivity contribution < 1.29 is 0 Å². The normalized spacial score (nSPS) is 11.9. The van der Waals surface area contributed by atoms with E-state index >= 15 is 0 Å². The summed E-state index contributed by atoms with van der Waals surface area (Å²) in [4.78, 5) is 0. The lowest BCUT2D eigenvalue weighted by Gasteiger charge is -2.13. The third kappa shape index (κ3) is 4.12. The Bertz CT molecular complexity index is 672. The van der Waals surface area contributed by atoms with Gasteiger partial charge >= 0.3 is 0 Å². The van der Waals surface area contributed by atoms with Crippen LogP contribution in [0.1, 0.15) is 16.7 Å². The maximum absolute atomic E-state index is 5.72. The third-order valence-corrected chi connectivity index (χ3v) is 4.08. The van der Waals surface area contributed by atoms with Gasteiger partial charge in [0, 0.05) is 35.0 Å². The van der Waals surface area contributed by atoms with Gasteiger partial charge in [-0.3, -0.25) is 0 Å². The molecule has 0 saturated carbocycles. The maximum atomic E-state index is 5.72. The fourth-order valence-corrected chi connectivity index (χ4v) is 2.93. The number of aryl methyl sites for hydroxylation is 2. The Balaban J connectivity index is 2.32. The highest BCUT2D eigenvalue weighted by atomic mass is 79.9. The highest BCUT2D eigenvalue weighted by molar-refractivity contribution is 9.11. The zero-order chi connectivity index (χ0) is 16.1. The summed E-state index contributed by atoms with van der Waals surface area (Å²) in [5.41, 5.74) is 12.5. The molecule has 0 aliphatic heterocycles. The van der Waals surface area contributed by atoms with Crippen LogP contribution in [0.5, 0.6) is 0 Å². The zero-order valence-electron chi connectivity index (χ0n) is 13.2. The van der Waals surface area contributed by atoms with Crippen LogP contribution in [0.3, 0.4) is 0 Å². The first kappa shape index (κ1) is 16.6. The molecule has 0 aliphatic rings. The largest absolute Gasteiger partial charge is 0.387 e. The van der Waals surface area contributed by atoms with Gasteiger partial charge < -0.3 is 16.4 Å². The monoisotopic (exact) mass is 359 g/mol. The Morgan fingerprint density at radius 1 is 1.05 bits per heavy atom. The fourth-order valence-electron chi connectivity index (χ4n) is 2.50. The van der Waals surface area contributed by atoms with Gasteiger partial charge in [-0.15, -0.1) is 0 Å². The Morgan fingerprint density at radius 2 is 1.73 bits per heavy atom. The van der Waals surface area contributed by atoms with Gasteiger partial charge in [0.15, 0.2) is 0 Å². The highest BCUT2D eigenvalue weighted by Crippen LogP contribution is 2.25. The van der Waals surface area contributed by atoms with E-state index in [-0.39, 0.29) is 0 Å². The lowest BCUT2D eigenvalue weighted by molar-refractivity contribution is 1.10. The molecule has 2 aromatic rings. The van der Waals surface area contributed by atoms with Crippen molar-refractivity contribution in [3.8, 4) is 0 Å². The first-order valence-electron chi connectivity index (χ1n) is 7.25. The van der Waals surface area contributed by atoms with Gasteiger partial charge in [0.05, 0.1) is 5.70 Å². The second-order valence-corrected chi connectivity index (χ2v) is 6.27. The number of hydrogen-bond donors (Lipinski definition) is 3. The van der Waals surface area contributed by atoms with Crippen LogP contribution < -0.4 is 16.4 Å². The van der Waals surface area contributed by atoms with Crippen LogP contribution in [-0.2, 0) is 0 Å². The lowest BCUT2D eigenvalue weighted by Crippen LogP contribution is -2.11. The molecule has 0 spiro atoms. The topological polar surface area (TPSA) is 50.1 Å². The quantitative estimate of drug-likeness (QED) is 0.746. The van der Waals surface area contributed by atoms with Crippen LogP contribution in [0, 0.1) is 13.8 Å². The molecule has 22 heavy (non-hydrogen) atoms. The summed E-state index contributed by atoms with van der Waals surface area (Å²) in [6, 6.07) is 14.7. The number of halogens is 1. The first-order chi connectivity index (χ1) is 10.5. The average Bonchev–Trinajstić information content (AvgIpc) is 2.47. The van der Waals surface area contributed by atoms with Gasteiger partial charge in [-0.1, -0.05) is 34.1 Å². The molecule has 0 saturated heterocycles. The number of benzene rings is 2. The molecule has 2 rings (SSSR count). The molecule has 0 fully saturated rings. The van der Waals surface area contributed by atoms with Gasteiger partial charge in [0.25, 0.3) is 0 Å². The van der Waals surface area contributed by atoms with E-state index in [1.54, 1.807) is 0 Å². The van der Waals surface area contributed by atoms with Crippen LogP contribution in [0.4, 0.5) is 11.4 Å². The Labute approximate surface area is 140 Å². The van der Waals surface area contributed by atoms with Crippen molar-refractivity contribution in [1.29, 1.82) is 0 Å². The molecule has 0 unspecified atom stereocenters. The highest BCUT2D eigenvalue weighted by Gasteiger charge is 2.06. The molecule has 0 amide bonds. The molecule has 0 heterocycles. The molecular formula is C18H22BrN3. The van der Waals surface area contributed by atoms with E-state index in [2.05, 4.69) is 76.8 Å².